The lowest BCUT2D eigenvalue weighted by molar-refractivity contribution is 0.00362. The average molecular weight is 499 g/mol. The molecule has 1 aromatic rings. The predicted molar refractivity (Wildman–Crippen MR) is 130 cm³/mol. The average Bonchev–Trinajstić information content (AvgIpc) is 2.83. The molecule has 192 valence electrons. The summed E-state index contributed by atoms with van der Waals surface area (Å²) in [6.07, 6.45) is -7.90. The fourth-order valence-electron chi connectivity index (χ4n) is 4.19. The minimum absolute atomic E-state index is 0.231. The normalized spacial score (nSPS) is 19.3. The van der Waals surface area contributed by atoms with Crippen molar-refractivity contribution < 1.29 is 26.3 Å². The van der Waals surface area contributed by atoms with Gasteiger partial charge in [0.2, 0.25) is 0 Å². The lowest BCUT2D eigenvalue weighted by Gasteiger charge is -2.27. The van der Waals surface area contributed by atoms with E-state index in [4.69, 9.17) is 0 Å². The number of alkyl halides is 6. The van der Waals surface area contributed by atoms with Gasteiger partial charge in [0, 0.05) is 6.16 Å². The Bertz CT molecular complexity index is 604. The first-order valence-electron chi connectivity index (χ1n) is 12.3. The fraction of sp³-hybridized carbons (Fsp3) is 0.769. The van der Waals surface area contributed by atoms with Crippen molar-refractivity contribution in [2.24, 2.45) is 11.8 Å². The molecule has 0 radical (unpaired) electrons. The van der Waals surface area contributed by atoms with E-state index in [0.717, 1.165) is 31.0 Å². The molecule has 8 atom stereocenters. The van der Waals surface area contributed by atoms with Gasteiger partial charge in [0.05, 0.1) is 6.67 Å². The van der Waals surface area contributed by atoms with Crippen molar-refractivity contribution in [3.8, 4) is 0 Å². The van der Waals surface area contributed by atoms with Crippen molar-refractivity contribution in [1.29, 1.82) is 0 Å². The Morgan fingerprint density at radius 1 is 0.758 bits per heavy atom. The Hall–Kier alpha value is -0.770. The lowest BCUT2D eigenvalue weighted by Crippen LogP contribution is -2.41. The summed E-state index contributed by atoms with van der Waals surface area (Å²) in [6.45, 7) is 5.58. The van der Waals surface area contributed by atoms with Crippen LogP contribution in [0.5, 0.6) is 0 Å². The fourth-order valence-corrected chi connectivity index (χ4v) is 6.91. The molecule has 8 unspecified atom stereocenters. The van der Waals surface area contributed by atoms with Crippen LogP contribution >= 0.6 is 7.92 Å². The molecule has 0 aliphatic carbocycles. The Morgan fingerprint density at radius 3 is 1.97 bits per heavy atom. The van der Waals surface area contributed by atoms with Gasteiger partial charge in [-0.25, -0.2) is 22.0 Å². The van der Waals surface area contributed by atoms with Gasteiger partial charge in [0.25, 0.3) is 0 Å². The molecule has 7 heteroatoms. The largest absolute Gasteiger partial charge is 0.251 e. The van der Waals surface area contributed by atoms with E-state index in [0.29, 0.717) is 18.0 Å². The zero-order valence-electron chi connectivity index (χ0n) is 20.2. The molecule has 0 N–H and O–H groups in total. The maximum atomic E-state index is 14.8. The van der Waals surface area contributed by atoms with Crippen LogP contribution in [0.1, 0.15) is 65.7 Å². The van der Waals surface area contributed by atoms with E-state index in [-0.39, 0.29) is 12.6 Å². The Labute approximate surface area is 197 Å². The second-order valence-electron chi connectivity index (χ2n) is 9.18. The summed E-state index contributed by atoms with van der Waals surface area (Å²) in [6, 6.07) is 9.23. The van der Waals surface area contributed by atoms with Crippen LogP contribution in [0.4, 0.5) is 26.3 Å². The van der Waals surface area contributed by atoms with Crippen molar-refractivity contribution in [2.45, 2.75) is 96.6 Å². The van der Waals surface area contributed by atoms with E-state index in [1.807, 2.05) is 30.3 Å². The number of hydrogen-bond donors (Lipinski definition) is 0. The van der Waals surface area contributed by atoms with Crippen LogP contribution in [0.25, 0.3) is 0 Å². The van der Waals surface area contributed by atoms with Crippen LogP contribution in [-0.4, -0.2) is 49.9 Å². The summed E-state index contributed by atoms with van der Waals surface area (Å²) in [5.74, 6) is 0.947. The van der Waals surface area contributed by atoms with Gasteiger partial charge in [-0.2, -0.15) is 0 Å². The van der Waals surface area contributed by atoms with Crippen molar-refractivity contribution >= 4 is 13.2 Å². The van der Waals surface area contributed by atoms with E-state index >= 15 is 0 Å². The van der Waals surface area contributed by atoms with Gasteiger partial charge >= 0.3 is 0 Å². The third kappa shape index (κ3) is 11.0. The number of hydrogen-bond acceptors (Lipinski definition) is 0. The molecule has 33 heavy (non-hydrogen) atoms. The van der Waals surface area contributed by atoms with E-state index in [2.05, 4.69) is 20.8 Å². The monoisotopic (exact) mass is 498 g/mol. The second kappa shape index (κ2) is 16.8. The highest BCUT2D eigenvalue weighted by atomic mass is 31.1. The molecular weight excluding hydrogens is 457 g/mol. The van der Waals surface area contributed by atoms with Gasteiger partial charge in [-0.1, -0.05) is 91.1 Å². The molecular formula is C26H41F6P. The second-order valence-corrected chi connectivity index (χ2v) is 11.5. The predicted octanol–water partition coefficient (Wildman–Crippen LogP) is 8.48. The molecule has 1 aromatic carbocycles. The minimum atomic E-state index is -2.90. The topological polar surface area (TPSA) is 0 Å². The molecule has 0 spiro atoms. The summed E-state index contributed by atoms with van der Waals surface area (Å²) in [5, 5.41) is 0.897. The van der Waals surface area contributed by atoms with Gasteiger partial charge in [0.1, 0.15) is 12.3 Å². The standard InChI is InChI=1S/C26H41F6P/c1-4-10-20(5-2)15-14-19(3)17-33(21-11-7-6-8-12-21)18-23(29)25(31)26(32)24(30)22(28)13-9-16-27/h6-8,11-12,19-20,22-26H,4-5,9-10,13-18H2,1-3H3. The molecule has 0 aliphatic heterocycles. The maximum Gasteiger partial charge on any atom is 0.168 e. The summed E-state index contributed by atoms with van der Waals surface area (Å²) in [5.41, 5.74) is 0. The summed E-state index contributed by atoms with van der Waals surface area (Å²) in [4.78, 5) is 0. The molecule has 0 saturated carbocycles. The first kappa shape index (κ1) is 30.3. The van der Waals surface area contributed by atoms with Crippen molar-refractivity contribution in [3.63, 3.8) is 0 Å². The van der Waals surface area contributed by atoms with Gasteiger partial charge < -0.3 is 0 Å². The van der Waals surface area contributed by atoms with Gasteiger partial charge in [-0.05, 0) is 36.1 Å². The highest BCUT2D eigenvalue weighted by Gasteiger charge is 2.41. The van der Waals surface area contributed by atoms with Gasteiger partial charge in [0.15, 0.2) is 18.5 Å². The maximum absolute atomic E-state index is 14.8. The van der Waals surface area contributed by atoms with Crippen LogP contribution in [0.3, 0.4) is 0 Å². The van der Waals surface area contributed by atoms with Crippen LogP contribution in [0, 0.1) is 11.8 Å². The highest BCUT2D eigenvalue weighted by Crippen LogP contribution is 2.41. The zero-order valence-corrected chi connectivity index (χ0v) is 21.1. The van der Waals surface area contributed by atoms with Crippen LogP contribution in [0.15, 0.2) is 30.3 Å². The third-order valence-corrected chi connectivity index (χ3v) is 9.19. The van der Waals surface area contributed by atoms with E-state index in [1.165, 1.54) is 6.42 Å². The summed E-state index contributed by atoms with van der Waals surface area (Å²) in [7, 11) is -1.13. The van der Waals surface area contributed by atoms with E-state index in [9.17, 15) is 26.3 Å². The highest BCUT2D eigenvalue weighted by molar-refractivity contribution is 7.65. The number of benzene rings is 1. The first-order valence-corrected chi connectivity index (χ1v) is 14.0. The molecule has 0 aromatic heterocycles. The smallest absolute Gasteiger partial charge is 0.168 e. The van der Waals surface area contributed by atoms with Crippen LogP contribution in [-0.2, 0) is 0 Å². The van der Waals surface area contributed by atoms with Gasteiger partial charge in [-0.3, -0.25) is 4.39 Å². The molecule has 0 bridgehead atoms. The third-order valence-electron chi connectivity index (χ3n) is 6.30. The van der Waals surface area contributed by atoms with E-state index in [1.54, 1.807) is 0 Å². The van der Waals surface area contributed by atoms with Crippen molar-refractivity contribution in [3.05, 3.63) is 30.3 Å². The van der Waals surface area contributed by atoms with Gasteiger partial charge in [-0.15, -0.1) is 0 Å². The number of halogens is 6. The molecule has 0 nitrogen and oxygen atoms in total. The molecule has 0 amide bonds. The Kier molecular flexibility index (Phi) is 15.4. The Morgan fingerprint density at radius 2 is 1.39 bits per heavy atom. The van der Waals surface area contributed by atoms with E-state index < -0.39 is 51.9 Å². The zero-order chi connectivity index (χ0) is 24.8. The quantitative estimate of drug-likeness (QED) is 0.141. The molecule has 1 rings (SSSR count). The molecule has 0 heterocycles. The lowest BCUT2D eigenvalue weighted by atomic mass is 9.92. The first-order chi connectivity index (χ1) is 15.7. The van der Waals surface area contributed by atoms with Crippen LogP contribution < -0.4 is 5.30 Å². The SMILES string of the molecule is CCCC(CC)CCC(C)CP(CC(F)C(F)C(F)C(F)C(F)CCCF)c1ccccc1. The van der Waals surface area contributed by atoms with Crippen LogP contribution in [0.2, 0.25) is 0 Å². The number of rotatable bonds is 18. The summed E-state index contributed by atoms with van der Waals surface area (Å²) >= 11 is 0. The minimum Gasteiger partial charge on any atom is -0.251 e. The van der Waals surface area contributed by atoms with Crippen molar-refractivity contribution in [2.75, 3.05) is 19.0 Å². The Balaban J connectivity index is 2.79. The molecule has 0 fully saturated rings. The van der Waals surface area contributed by atoms with Crippen molar-refractivity contribution in [1.82, 2.24) is 0 Å². The summed E-state index contributed by atoms with van der Waals surface area (Å²) < 4.78 is 83.4. The molecule has 0 saturated heterocycles. The molecule has 0 aliphatic rings.